The van der Waals surface area contributed by atoms with Crippen molar-refractivity contribution in [2.75, 3.05) is 11.9 Å². The molecule has 0 saturated carbocycles. The number of nitrogens with zero attached hydrogens (tertiary/aromatic N) is 3. The Labute approximate surface area is 192 Å². The minimum Gasteiger partial charge on any atom is -0.383 e. The summed E-state index contributed by atoms with van der Waals surface area (Å²) >= 11 is 0. The van der Waals surface area contributed by atoms with Crippen LogP contribution in [-0.4, -0.2) is 38.1 Å². The van der Waals surface area contributed by atoms with Gasteiger partial charge in [-0.2, -0.15) is 13.5 Å². The minimum atomic E-state index is -1.06. The highest BCUT2D eigenvalue weighted by Gasteiger charge is 2.31. The highest BCUT2D eigenvalue weighted by atomic mass is 32.1. The Hall–Kier alpha value is -2.91. The number of carbonyl (C=O) groups is 1. The SMILES string of the molecule is CC(C)[C@H](O)C(=O)N1CCn2c(nc(-c3ccc(F)cc3)c2Nc2ccc(F)cc2)C1.S. The number of carbonyl (C=O) groups excluding carboxylic acids is 1. The lowest BCUT2D eigenvalue weighted by molar-refractivity contribution is -0.144. The highest BCUT2D eigenvalue weighted by molar-refractivity contribution is 7.59. The van der Waals surface area contributed by atoms with Gasteiger partial charge in [-0.3, -0.25) is 4.79 Å². The molecule has 0 fully saturated rings. The summed E-state index contributed by atoms with van der Waals surface area (Å²) in [4.78, 5) is 18.9. The zero-order valence-corrected chi connectivity index (χ0v) is 18.8. The number of hydrogen-bond acceptors (Lipinski definition) is 4. The second kappa shape index (κ2) is 9.70. The third-order valence-electron chi connectivity index (χ3n) is 5.39. The Kier molecular flexibility index (Phi) is 7.20. The lowest BCUT2D eigenvalue weighted by atomic mass is 10.1. The highest BCUT2D eigenvalue weighted by Crippen LogP contribution is 2.33. The van der Waals surface area contributed by atoms with Crippen molar-refractivity contribution in [3.63, 3.8) is 0 Å². The molecule has 1 aliphatic rings. The number of amides is 1. The number of aliphatic hydroxyl groups excluding tert-OH is 1. The molecule has 32 heavy (non-hydrogen) atoms. The van der Waals surface area contributed by atoms with Crippen molar-refractivity contribution in [2.45, 2.75) is 33.0 Å². The molecule has 0 radical (unpaired) electrons. The number of fused-ring (bicyclic) bond motifs is 1. The zero-order chi connectivity index (χ0) is 22.1. The molecule has 170 valence electrons. The molecule has 0 aliphatic carbocycles. The fourth-order valence-electron chi connectivity index (χ4n) is 3.60. The van der Waals surface area contributed by atoms with Crippen LogP contribution in [0.25, 0.3) is 11.3 Å². The standard InChI is InChI=1S/C23H24F2N4O2.H2S/c1-14(2)21(30)23(31)28-11-12-29-19(13-28)27-20(15-3-5-16(24)6-4-15)22(29)26-18-9-7-17(25)8-10-18;/h3-10,14,21,26,30H,11-13H2,1-2H3;1H2/t21-;/m0./s1. The van der Waals surface area contributed by atoms with E-state index < -0.39 is 6.10 Å². The van der Waals surface area contributed by atoms with Crippen LogP contribution in [0.5, 0.6) is 0 Å². The van der Waals surface area contributed by atoms with Crippen molar-refractivity contribution in [2.24, 2.45) is 5.92 Å². The number of anilines is 2. The van der Waals surface area contributed by atoms with Gasteiger partial charge in [-0.05, 0) is 54.4 Å². The second-order valence-corrected chi connectivity index (χ2v) is 7.96. The van der Waals surface area contributed by atoms with Crippen LogP contribution in [0.1, 0.15) is 19.7 Å². The molecule has 2 heterocycles. The Morgan fingerprint density at radius 1 is 1.03 bits per heavy atom. The predicted molar refractivity (Wildman–Crippen MR) is 124 cm³/mol. The maximum atomic E-state index is 13.5. The van der Waals surface area contributed by atoms with Gasteiger partial charge < -0.3 is 19.9 Å². The largest absolute Gasteiger partial charge is 0.383 e. The Bertz CT molecular complexity index is 1080. The van der Waals surface area contributed by atoms with Crippen molar-refractivity contribution < 1.29 is 18.7 Å². The number of benzene rings is 2. The molecule has 2 N–H and O–H groups in total. The van der Waals surface area contributed by atoms with Gasteiger partial charge in [0.2, 0.25) is 0 Å². The van der Waals surface area contributed by atoms with Gasteiger partial charge in [-0.15, -0.1) is 0 Å². The van der Waals surface area contributed by atoms with Crippen LogP contribution in [0, 0.1) is 17.6 Å². The van der Waals surface area contributed by atoms with E-state index in [1.54, 1.807) is 43.0 Å². The molecular formula is C23H26F2N4O2S. The molecule has 1 amide bonds. The van der Waals surface area contributed by atoms with E-state index >= 15 is 0 Å². The summed E-state index contributed by atoms with van der Waals surface area (Å²) in [6, 6.07) is 12.0. The van der Waals surface area contributed by atoms with Crippen LogP contribution in [0.3, 0.4) is 0 Å². The summed E-state index contributed by atoms with van der Waals surface area (Å²) in [6.45, 7) is 4.74. The van der Waals surface area contributed by atoms with Crippen LogP contribution < -0.4 is 5.32 Å². The van der Waals surface area contributed by atoms with Crippen molar-refractivity contribution in [1.82, 2.24) is 14.5 Å². The van der Waals surface area contributed by atoms with E-state index in [1.807, 2.05) is 4.57 Å². The van der Waals surface area contributed by atoms with Crippen molar-refractivity contribution in [3.8, 4) is 11.3 Å². The summed E-state index contributed by atoms with van der Waals surface area (Å²) in [5.74, 6) is 0.155. The van der Waals surface area contributed by atoms with Crippen molar-refractivity contribution in [1.29, 1.82) is 0 Å². The molecule has 1 atom stereocenters. The number of imidazole rings is 1. The van der Waals surface area contributed by atoms with Crippen LogP contribution in [0.15, 0.2) is 48.5 Å². The van der Waals surface area contributed by atoms with Crippen molar-refractivity contribution >= 4 is 30.9 Å². The van der Waals surface area contributed by atoms with E-state index in [-0.39, 0.29) is 43.5 Å². The quantitative estimate of drug-likeness (QED) is 0.603. The van der Waals surface area contributed by atoms with E-state index in [2.05, 4.69) is 5.32 Å². The predicted octanol–water partition coefficient (Wildman–Crippen LogP) is 4.04. The fraction of sp³-hybridized carbons (Fsp3) is 0.304. The third kappa shape index (κ3) is 4.78. The van der Waals surface area contributed by atoms with Gasteiger partial charge >= 0.3 is 0 Å². The maximum absolute atomic E-state index is 13.5. The van der Waals surface area contributed by atoms with Gasteiger partial charge in [0.25, 0.3) is 5.91 Å². The summed E-state index contributed by atoms with van der Waals surface area (Å²) < 4.78 is 28.7. The lowest BCUT2D eigenvalue weighted by Gasteiger charge is -2.31. The summed E-state index contributed by atoms with van der Waals surface area (Å²) in [5, 5.41) is 13.5. The van der Waals surface area contributed by atoms with E-state index in [4.69, 9.17) is 4.98 Å². The first-order valence-electron chi connectivity index (χ1n) is 10.2. The Balaban J connectivity index is 0.00000289. The number of hydrogen-bond donors (Lipinski definition) is 2. The number of rotatable bonds is 5. The molecule has 0 unspecified atom stereocenters. The van der Waals surface area contributed by atoms with E-state index in [9.17, 15) is 18.7 Å². The average molecular weight is 461 g/mol. The second-order valence-electron chi connectivity index (χ2n) is 7.96. The maximum Gasteiger partial charge on any atom is 0.252 e. The van der Waals surface area contributed by atoms with Gasteiger partial charge in [-0.1, -0.05) is 13.8 Å². The number of aromatic nitrogens is 2. The fourth-order valence-corrected chi connectivity index (χ4v) is 3.60. The smallest absolute Gasteiger partial charge is 0.252 e. The molecular weight excluding hydrogens is 434 g/mol. The average Bonchev–Trinajstić information content (AvgIpc) is 3.12. The molecule has 1 aromatic heterocycles. The summed E-state index contributed by atoms with van der Waals surface area (Å²) in [6.07, 6.45) is -1.06. The molecule has 2 aromatic carbocycles. The molecule has 0 spiro atoms. The van der Waals surface area contributed by atoms with E-state index in [1.165, 1.54) is 24.3 Å². The number of aliphatic hydroxyl groups is 1. The normalized spacial score (nSPS) is 14.0. The topological polar surface area (TPSA) is 70.4 Å². The van der Waals surface area contributed by atoms with Gasteiger partial charge in [0.15, 0.2) is 0 Å². The first-order valence-corrected chi connectivity index (χ1v) is 10.2. The minimum absolute atomic E-state index is 0. The van der Waals surface area contributed by atoms with E-state index in [0.29, 0.717) is 41.7 Å². The van der Waals surface area contributed by atoms with Gasteiger partial charge in [0.05, 0.1) is 6.54 Å². The Morgan fingerprint density at radius 3 is 2.22 bits per heavy atom. The van der Waals surface area contributed by atoms with Crippen LogP contribution >= 0.6 is 13.5 Å². The van der Waals surface area contributed by atoms with Crippen molar-refractivity contribution in [3.05, 3.63) is 66.0 Å². The molecule has 6 nitrogen and oxygen atoms in total. The van der Waals surface area contributed by atoms with Crippen LogP contribution in [0.2, 0.25) is 0 Å². The third-order valence-corrected chi connectivity index (χ3v) is 5.39. The van der Waals surface area contributed by atoms with Gasteiger partial charge in [0.1, 0.15) is 35.1 Å². The molecule has 1 aliphatic heterocycles. The summed E-state index contributed by atoms with van der Waals surface area (Å²) in [7, 11) is 0. The molecule has 3 aromatic rings. The first kappa shape index (κ1) is 23.7. The summed E-state index contributed by atoms with van der Waals surface area (Å²) in [5.41, 5.74) is 2.01. The number of nitrogens with one attached hydrogen (secondary N) is 1. The number of halogens is 2. The molecule has 9 heteroatoms. The molecule has 0 saturated heterocycles. The lowest BCUT2D eigenvalue weighted by Crippen LogP contribution is -2.45. The van der Waals surface area contributed by atoms with Gasteiger partial charge in [-0.25, -0.2) is 13.8 Å². The van der Waals surface area contributed by atoms with E-state index in [0.717, 1.165) is 0 Å². The molecule has 4 rings (SSSR count). The Morgan fingerprint density at radius 2 is 1.62 bits per heavy atom. The van der Waals surface area contributed by atoms with Crippen LogP contribution in [-0.2, 0) is 17.9 Å². The molecule has 0 bridgehead atoms. The first-order chi connectivity index (χ1) is 14.8. The van der Waals surface area contributed by atoms with Crippen LogP contribution in [0.4, 0.5) is 20.3 Å². The zero-order valence-electron chi connectivity index (χ0n) is 17.8. The van der Waals surface area contributed by atoms with Gasteiger partial charge in [0, 0.05) is 24.3 Å². The monoisotopic (exact) mass is 460 g/mol.